The first-order valence-corrected chi connectivity index (χ1v) is 16.3. The van der Waals surface area contributed by atoms with Crippen LogP contribution in [0.25, 0.3) is 71.5 Å². The number of allylic oxidation sites excluding steroid dienone is 1. The van der Waals surface area contributed by atoms with E-state index in [1.54, 1.807) is 0 Å². The standard InChI is InChI=1S/C44H30S/c1-5-15-31(16-6-1)33-25-27-36(28-26-33)43-38-23-13-14-24-39(38)44(45-43)42-40(34-19-9-3-10-20-34)29-37(32-17-7-2-8-18-32)30-41(42)35-21-11-4-12-22-35/h1-11,13,15-21,23,25-30H,14,24H2. The maximum Gasteiger partial charge on any atom is 0.0424 e. The van der Waals surface area contributed by atoms with E-state index in [2.05, 4.69) is 164 Å². The summed E-state index contributed by atoms with van der Waals surface area (Å²) in [5.41, 5.74) is 14.9. The lowest BCUT2D eigenvalue weighted by molar-refractivity contribution is 0.996. The molecule has 212 valence electrons. The molecule has 0 saturated heterocycles. The van der Waals surface area contributed by atoms with Crippen molar-refractivity contribution in [1.29, 1.82) is 0 Å². The van der Waals surface area contributed by atoms with Gasteiger partial charge in [-0.2, -0.15) is 0 Å². The monoisotopic (exact) mass is 590 g/mol. The second-order valence-electron chi connectivity index (χ2n) is 11.4. The van der Waals surface area contributed by atoms with Crippen molar-refractivity contribution in [2.45, 2.75) is 12.8 Å². The third-order valence-electron chi connectivity index (χ3n) is 8.64. The molecule has 0 fully saturated rings. The van der Waals surface area contributed by atoms with Gasteiger partial charge in [0, 0.05) is 20.9 Å². The highest BCUT2D eigenvalue weighted by molar-refractivity contribution is 7.19. The van der Waals surface area contributed by atoms with Crippen LogP contribution >= 0.6 is 11.3 Å². The minimum absolute atomic E-state index is 1.03. The number of fused-ring (bicyclic) bond motifs is 1. The van der Waals surface area contributed by atoms with Gasteiger partial charge in [-0.15, -0.1) is 11.3 Å². The first-order chi connectivity index (χ1) is 22.3. The molecule has 0 N–H and O–H groups in total. The first-order valence-electron chi connectivity index (χ1n) is 15.5. The van der Waals surface area contributed by atoms with Gasteiger partial charge in [-0.25, -0.2) is 0 Å². The minimum Gasteiger partial charge on any atom is -0.134 e. The molecule has 1 aromatic heterocycles. The second kappa shape index (κ2) is 11.9. The lowest BCUT2D eigenvalue weighted by Gasteiger charge is -2.19. The lowest BCUT2D eigenvalue weighted by atomic mass is 9.85. The second-order valence-corrected chi connectivity index (χ2v) is 12.4. The highest BCUT2D eigenvalue weighted by Gasteiger charge is 2.26. The van der Waals surface area contributed by atoms with E-state index < -0.39 is 0 Å². The molecule has 0 radical (unpaired) electrons. The number of hydrogen-bond acceptors (Lipinski definition) is 1. The van der Waals surface area contributed by atoms with Crippen LogP contribution in [0.3, 0.4) is 0 Å². The summed E-state index contributed by atoms with van der Waals surface area (Å²) < 4.78 is 0. The molecule has 6 aromatic carbocycles. The predicted octanol–water partition coefficient (Wildman–Crippen LogP) is 12.3. The Morgan fingerprint density at radius 2 is 1.11 bits per heavy atom. The third kappa shape index (κ3) is 5.21. The fourth-order valence-corrected chi connectivity index (χ4v) is 7.86. The Labute approximate surface area is 269 Å². The van der Waals surface area contributed by atoms with Crippen molar-refractivity contribution in [1.82, 2.24) is 0 Å². The average molecular weight is 591 g/mol. The van der Waals surface area contributed by atoms with Crippen LogP contribution < -0.4 is 0 Å². The Kier molecular flexibility index (Phi) is 7.20. The molecule has 1 aliphatic rings. The highest BCUT2D eigenvalue weighted by Crippen LogP contribution is 2.51. The van der Waals surface area contributed by atoms with Crippen LogP contribution in [0.4, 0.5) is 0 Å². The average Bonchev–Trinajstić information content (AvgIpc) is 3.52. The zero-order valence-electron chi connectivity index (χ0n) is 24.8. The normalized spacial score (nSPS) is 12.0. The SMILES string of the molecule is c1cccc(-c2cc(-c3ccccc3)cc(-c3ccccc3)c2-c2sc(-c3ccc(-c4ccccc4)cc3)c3c2CCC=C3)c#1. The summed E-state index contributed by atoms with van der Waals surface area (Å²) in [5, 5.41) is 0. The summed E-state index contributed by atoms with van der Waals surface area (Å²) in [4.78, 5) is 2.68. The smallest absolute Gasteiger partial charge is 0.0424 e. The summed E-state index contributed by atoms with van der Waals surface area (Å²) in [6, 6.07) is 58.9. The fraction of sp³-hybridized carbons (Fsp3) is 0.0455. The summed E-state index contributed by atoms with van der Waals surface area (Å²) >= 11 is 1.93. The van der Waals surface area contributed by atoms with E-state index in [0.29, 0.717) is 0 Å². The van der Waals surface area contributed by atoms with Gasteiger partial charge in [0.2, 0.25) is 0 Å². The maximum atomic E-state index is 3.46. The van der Waals surface area contributed by atoms with E-state index in [4.69, 9.17) is 0 Å². The van der Waals surface area contributed by atoms with E-state index >= 15 is 0 Å². The van der Waals surface area contributed by atoms with Crippen molar-refractivity contribution in [3.63, 3.8) is 0 Å². The first kappa shape index (κ1) is 27.2. The van der Waals surface area contributed by atoms with Gasteiger partial charge in [0.25, 0.3) is 0 Å². The van der Waals surface area contributed by atoms with Crippen molar-refractivity contribution in [2.75, 3.05) is 0 Å². The fourth-order valence-electron chi connectivity index (χ4n) is 6.44. The predicted molar refractivity (Wildman–Crippen MR) is 192 cm³/mol. The molecule has 1 heterocycles. The van der Waals surface area contributed by atoms with E-state index in [0.717, 1.165) is 18.4 Å². The number of rotatable bonds is 6. The molecule has 0 unspecified atom stereocenters. The Morgan fingerprint density at radius 1 is 0.511 bits per heavy atom. The third-order valence-corrected chi connectivity index (χ3v) is 9.96. The van der Waals surface area contributed by atoms with Gasteiger partial charge in [-0.3, -0.25) is 0 Å². The summed E-state index contributed by atoms with van der Waals surface area (Å²) in [6.45, 7) is 0. The van der Waals surface area contributed by atoms with Gasteiger partial charge >= 0.3 is 0 Å². The summed E-state index contributed by atoms with van der Waals surface area (Å²) in [6.07, 6.45) is 6.75. The Balaban J connectivity index is 1.38. The quantitative estimate of drug-likeness (QED) is 0.181. The molecule has 0 atom stereocenters. The molecule has 0 bridgehead atoms. The number of hydrogen-bond donors (Lipinski definition) is 0. The topological polar surface area (TPSA) is 0 Å². The van der Waals surface area contributed by atoms with Crippen molar-refractivity contribution in [2.24, 2.45) is 0 Å². The van der Waals surface area contributed by atoms with Crippen LogP contribution in [-0.2, 0) is 6.42 Å². The molecule has 0 aliphatic heterocycles. The molecule has 1 aliphatic carbocycles. The van der Waals surface area contributed by atoms with E-state index in [1.807, 2.05) is 17.4 Å². The van der Waals surface area contributed by atoms with Crippen LogP contribution in [0, 0.1) is 12.1 Å². The van der Waals surface area contributed by atoms with Gasteiger partial charge in [0.1, 0.15) is 0 Å². The molecular weight excluding hydrogens is 561 g/mol. The van der Waals surface area contributed by atoms with Crippen molar-refractivity contribution in [3.05, 3.63) is 175 Å². The van der Waals surface area contributed by atoms with Gasteiger partial charge in [-0.05, 0) is 92.7 Å². The Morgan fingerprint density at radius 3 is 1.78 bits per heavy atom. The molecule has 1 heteroatoms. The van der Waals surface area contributed by atoms with Gasteiger partial charge in [-0.1, -0.05) is 146 Å². The van der Waals surface area contributed by atoms with E-state index in [1.165, 1.54) is 71.0 Å². The van der Waals surface area contributed by atoms with Crippen LogP contribution in [0.2, 0.25) is 0 Å². The minimum atomic E-state index is 1.03. The van der Waals surface area contributed by atoms with E-state index in [9.17, 15) is 0 Å². The van der Waals surface area contributed by atoms with Gasteiger partial charge in [0.15, 0.2) is 0 Å². The van der Waals surface area contributed by atoms with Crippen molar-refractivity contribution in [3.8, 4) is 65.4 Å². The van der Waals surface area contributed by atoms with Crippen molar-refractivity contribution < 1.29 is 0 Å². The van der Waals surface area contributed by atoms with Gasteiger partial charge in [0.05, 0.1) is 0 Å². The number of thiophene rings is 1. The largest absolute Gasteiger partial charge is 0.134 e. The molecule has 0 nitrogen and oxygen atoms in total. The molecule has 7 aromatic rings. The van der Waals surface area contributed by atoms with Crippen LogP contribution in [0.5, 0.6) is 0 Å². The van der Waals surface area contributed by atoms with Crippen LogP contribution in [0.15, 0.2) is 152 Å². The zero-order chi connectivity index (χ0) is 30.0. The van der Waals surface area contributed by atoms with Gasteiger partial charge < -0.3 is 0 Å². The number of benzene rings is 5. The summed E-state index contributed by atoms with van der Waals surface area (Å²) in [7, 11) is 0. The molecule has 0 saturated carbocycles. The maximum absolute atomic E-state index is 3.46. The molecule has 45 heavy (non-hydrogen) atoms. The van der Waals surface area contributed by atoms with Crippen LogP contribution in [0.1, 0.15) is 17.5 Å². The molecule has 8 rings (SSSR count). The Hall–Kier alpha value is -5.42. The lowest BCUT2D eigenvalue weighted by Crippen LogP contribution is -1.96. The van der Waals surface area contributed by atoms with Crippen LogP contribution in [-0.4, -0.2) is 0 Å². The molecule has 0 amide bonds. The summed E-state index contributed by atoms with van der Waals surface area (Å²) in [5.74, 6) is 0. The zero-order valence-corrected chi connectivity index (χ0v) is 25.7. The van der Waals surface area contributed by atoms with E-state index in [-0.39, 0.29) is 0 Å². The highest BCUT2D eigenvalue weighted by atomic mass is 32.1. The molecule has 0 spiro atoms. The molecular formula is C44H30S. The Bertz CT molecular complexity index is 2040. The van der Waals surface area contributed by atoms with Crippen molar-refractivity contribution >= 4 is 17.4 Å².